The number of rotatable bonds is 4. The predicted octanol–water partition coefficient (Wildman–Crippen LogP) is 0.772. The summed E-state index contributed by atoms with van der Waals surface area (Å²) in [5.74, 6) is 5.26. The molecule has 0 bridgehead atoms. The number of likely N-dealkylation sites (N-methyl/N-ethyl adjacent to an activating group) is 1. The van der Waals surface area contributed by atoms with Gasteiger partial charge >= 0.3 is 0 Å². The molecular weight excluding hydrogens is 248 g/mol. The van der Waals surface area contributed by atoms with Crippen molar-refractivity contribution in [2.24, 2.45) is 0 Å². The molecule has 0 fully saturated rings. The van der Waals surface area contributed by atoms with Gasteiger partial charge in [0.05, 0.1) is 10.4 Å². The van der Waals surface area contributed by atoms with Crippen LogP contribution in [-0.2, 0) is 0 Å². The van der Waals surface area contributed by atoms with Crippen LogP contribution in [0.4, 0.5) is 0 Å². The summed E-state index contributed by atoms with van der Waals surface area (Å²) in [5.41, 5.74) is 0.619. The second kappa shape index (κ2) is 7.17. The molecule has 5 heteroatoms. The number of aliphatic hydroxyl groups excluding tert-OH is 1. The molecule has 1 heterocycles. The molecule has 98 valence electrons. The van der Waals surface area contributed by atoms with Crippen molar-refractivity contribution >= 4 is 17.2 Å². The molecule has 1 unspecified atom stereocenters. The maximum absolute atomic E-state index is 11.8. The molecule has 0 aliphatic carbocycles. The molecule has 0 aliphatic rings. The minimum absolute atomic E-state index is 0.0861. The van der Waals surface area contributed by atoms with Crippen molar-refractivity contribution in [1.29, 1.82) is 0 Å². The molecule has 0 saturated carbocycles. The van der Waals surface area contributed by atoms with Gasteiger partial charge in [-0.05, 0) is 27.1 Å². The first-order valence-electron chi connectivity index (χ1n) is 5.67. The Balaban J connectivity index is 2.54. The number of nitrogens with zero attached hydrogens (tertiary/aromatic N) is 1. The molecule has 1 amide bonds. The molecule has 1 atom stereocenters. The Morgan fingerprint density at radius 1 is 1.61 bits per heavy atom. The number of amides is 1. The van der Waals surface area contributed by atoms with Gasteiger partial charge in [0.15, 0.2) is 0 Å². The van der Waals surface area contributed by atoms with Gasteiger partial charge in [-0.25, -0.2) is 0 Å². The molecule has 0 aromatic carbocycles. The highest BCUT2D eigenvalue weighted by molar-refractivity contribution is 7.10. The van der Waals surface area contributed by atoms with Gasteiger partial charge in [-0.1, -0.05) is 11.8 Å². The molecule has 2 N–H and O–H groups in total. The van der Waals surface area contributed by atoms with E-state index in [1.54, 1.807) is 11.4 Å². The molecule has 4 nitrogen and oxygen atoms in total. The van der Waals surface area contributed by atoms with Crippen molar-refractivity contribution in [1.82, 2.24) is 10.2 Å². The van der Waals surface area contributed by atoms with Crippen LogP contribution in [0.25, 0.3) is 0 Å². The fraction of sp³-hybridized carbons (Fsp3) is 0.462. The van der Waals surface area contributed by atoms with Gasteiger partial charge in [-0.3, -0.25) is 4.79 Å². The monoisotopic (exact) mass is 266 g/mol. The van der Waals surface area contributed by atoms with Crippen molar-refractivity contribution < 1.29 is 9.90 Å². The minimum atomic E-state index is -0.167. The summed E-state index contributed by atoms with van der Waals surface area (Å²) in [5, 5.41) is 13.2. The van der Waals surface area contributed by atoms with Crippen molar-refractivity contribution in [3.05, 3.63) is 21.9 Å². The SMILES string of the molecule is CC(CNC(=O)c1csc(C#CCO)c1)N(C)C. The van der Waals surface area contributed by atoms with E-state index in [2.05, 4.69) is 17.2 Å². The molecular formula is C13H18N2O2S. The number of carbonyl (C=O) groups excluding carboxylic acids is 1. The highest BCUT2D eigenvalue weighted by Gasteiger charge is 2.10. The van der Waals surface area contributed by atoms with E-state index in [1.165, 1.54) is 11.3 Å². The molecule has 0 radical (unpaired) electrons. The van der Waals surface area contributed by atoms with Crippen molar-refractivity contribution in [3.63, 3.8) is 0 Å². The second-order valence-corrected chi connectivity index (χ2v) is 5.09. The fourth-order valence-corrected chi connectivity index (χ4v) is 1.93. The summed E-state index contributed by atoms with van der Waals surface area (Å²) in [4.78, 5) is 14.7. The zero-order valence-electron chi connectivity index (χ0n) is 10.9. The maximum Gasteiger partial charge on any atom is 0.252 e. The highest BCUT2D eigenvalue weighted by Crippen LogP contribution is 2.13. The van der Waals surface area contributed by atoms with Gasteiger partial charge in [0.1, 0.15) is 6.61 Å². The first-order chi connectivity index (χ1) is 8.54. The zero-order chi connectivity index (χ0) is 13.5. The molecule has 0 aliphatic heterocycles. The molecule has 1 aromatic rings. The average molecular weight is 266 g/mol. The van der Waals surface area contributed by atoms with Gasteiger partial charge < -0.3 is 15.3 Å². The van der Waals surface area contributed by atoms with E-state index in [4.69, 9.17) is 5.11 Å². The first kappa shape index (κ1) is 14.7. The third kappa shape index (κ3) is 4.49. The van der Waals surface area contributed by atoms with E-state index in [0.717, 1.165) is 4.88 Å². The van der Waals surface area contributed by atoms with Gasteiger partial charge in [0, 0.05) is 18.0 Å². The smallest absolute Gasteiger partial charge is 0.252 e. The van der Waals surface area contributed by atoms with Crippen LogP contribution in [0.5, 0.6) is 0 Å². The summed E-state index contributed by atoms with van der Waals surface area (Å²) >= 11 is 1.40. The highest BCUT2D eigenvalue weighted by atomic mass is 32.1. The molecule has 18 heavy (non-hydrogen) atoms. The lowest BCUT2D eigenvalue weighted by atomic mass is 10.2. The lowest BCUT2D eigenvalue weighted by Crippen LogP contribution is -2.38. The van der Waals surface area contributed by atoms with Gasteiger partial charge in [-0.15, -0.1) is 11.3 Å². The standard InChI is InChI=1S/C13H18N2O2S/c1-10(15(2)3)8-14-13(17)11-7-12(18-9-11)5-4-6-16/h7,9-10,16H,6,8H2,1-3H3,(H,14,17). The van der Waals surface area contributed by atoms with Crippen LogP contribution in [0.2, 0.25) is 0 Å². The largest absolute Gasteiger partial charge is 0.384 e. The number of hydrogen-bond donors (Lipinski definition) is 2. The van der Waals surface area contributed by atoms with Crippen LogP contribution in [0.1, 0.15) is 22.2 Å². The number of carbonyl (C=O) groups is 1. The van der Waals surface area contributed by atoms with E-state index in [1.807, 2.05) is 25.9 Å². The van der Waals surface area contributed by atoms with Gasteiger partial charge in [-0.2, -0.15) is 0 Å². The Kier molecular flexibility index (Phi) is 5.86. The summed E-state index contributed by atoms with van der Waals surface area (Å²) in [7, 11) is 3.95. The average Bonchev–Trinajstić information content (AvgIpc) is 2.81. The lowest BCUT2D eigenvalue weighted by molar-refractivity contribution is 0.0944. The van der Waals surface area contributed by atoms with Crippen LogP contribution in [0.3, 0.4) is 0 Å². The Morgan fingerprint density at radius 3 is 2.94 bits per heavy atom. The Hall–Kier alpha value is -1.35. The first-order valence-corrected chi connectivity index (χ1v) is 6.55. The summed E-state index contributed by atoms with van der Waals surface area (Å²) in [6, 6.07) is 2.03. The molecule has 0 saturated heterocycles. The van der Waals surface area contributed by atoms with Crippen LogP contribution < -0.4 is 5.32 Å². The van der Waals surface area contributed by atoms with E-state index in [0.29, 0.717) is 18.2 Å². The Labute approximate surface area is 112 Å². The maximum atomic E-state index is 11.8. The Bertz CT molecular complexity index is 457. The quantitative estimate of drug-likeness (QED) is 0.792. The molecule has 0 spiro atoms. The fourth-order valence-electron chi connectivity index (χ4n) is 1.17. The van der Waals surface area contributed by atoms with Crippen LogP contribution in [0.15, 0.2) is 11.4 Å². The van der Waals surface area contributed by atoms with Crippen molar-refractivity contribution in [2.75, 3.05) is 27.2 Å². The summed E-state index contributed by atoms with van der Waals surface area (Å²) < 4.78 is 0. The van der Waals surface area contributed by atoms with Crippen LogP contribution in [0, 0.1) is 11.8 Å². The van der Waals surface area contributed by atoms with Crippen LogP contribution in [-0.4, -0.2) is 49.2 Å². The number of thiophene rings is 1. The third-order valence-electron chi connectivity index (χ3n) is 2.59. The summed E-state index contributed by atoms with van der Waals surface area (Å²) in [6.07, 6.45) is 0. The van der Waals surface area contributed by atoms with Crippen LogP contribution >= 0.6 is 11.3 Å². The van der Waals surface area contributed by atoms with Gasteiger partial charge in [0.25, 0.3) is 5.91 Å². The molecule has 1 rings (SSSR count). The van der Waals surface area contributed by atoms with Crippen molar-refractivity contribution in [3.8, 4) is 11.8 Å². The van der Waals surface area contributed by atoms with Crippen molar-refractivity contribution in [2.45, 2.75) is 13.0 Å². The number of aliphatic hydroxyl groups is 1. The summed E-state index contributed by atoms with van der Waals surface area (Å²) in [6.45, 7) is 2.49. The Morgan fingerprint density at radius 2 is 2.33 bits per heavy atom. The topological polar surface area (TPSA) is 52.6 Å². The zero-order valence-corrected chi connectivity index (χ0v) is 11.7. The van der Waals surface area contributed by atoms with E-state index < -0.39 is 0 Å². The normalized spacial score (nSPS) is 11.8. The third-order valence-corrected chi connectivity index (χ3v) is 3.44. The predicted molar refractivity (Wildman–Crippen MR) is 73.8 cm³/mol. The van der Waals surface area contributed by atoms with E-state index >= 15 is 0 Å². The molecule has 1 aromatic heterocycles. The van der Waals surface area contributed by atoms with E-state index in [-0.39, 0.29) is 12.5 Å². The van der Waals surface area contributed by atoms with E-state index in [9.17, 15) is 4.79 Å². The lowest BCUT2D eigenvalue weighted by Gasteiger charge is -2.19. The van der Waals surface area contributed by atoms with Gasteiger partial charge in [0.2, 0.25) is 0 Å². The number of nitrogens with one attached hydrogen (secondary N) is 1. The minimum Gasteiger partial charge on any atom is -0.384 e. The second-order valence-electron chi connectivity index (χ2n) is 4.18. The number of hydrogen-bond acceptors (Lipinski definition) is 4.